The van der Waals surface area contributed by atoms with E-state index in [1.165, 1.54) is 0 Å². The summed E-state index contributed by atoms with van der Waals surface area (Å²) < 4.78 is 2.88. The number of benzene rings is 1. The summed E-state index contributed by atoms with van der Waals surface area (Å²) in [7, 11) is 0. The Balaban J connectivity index is 2.23. The van der Waals surface area contributed by atoms with Gasteiger partial charge in [-0.1, -0.05) is 27.2 Å². The van der Waals surface area contributed by atoms with E-state index in [1.54, 1.807) is 6.20 Å². The molecule has 0 atom stereocenters. The van der Waals surface area contributed by atoms with Crippen molar-refractivity contribution in [2.24, 2.45) is 0 Å². The van der Waals surface area contributed by atoms with Crippen molar-refractivity contribution in [1.82, 2.24) is 20.3 Å². The van der Waals surface area contributed by atoms with Gasteiger partial charge in [-0.05, 0) is 39.0 Å². The molecule has 2 rings (SSSR count). The van der Waals surface area contributed by atoms with Crippen molar-refractivity contribution < 1.29 is 0 Å². The maximum absolute atomic E-state index is 4.13. The van der Waals surface area contributed by atoms with E-state index in [2.05, 4.69) is 52.3 Å². The van der Waals surface area contributed by atoms with Gasteiger partial charge in [-0.25, -0.2) is 4.68 Å². The van der Waals surface area contributed by atoms with Crippen molar-refractivity contribution in [1.29, 1.82) is 0 Å². The zero-order valence-corrected chi connectivity index (χ0v) is 12.4. The average molecular weight is 309 g/mol. The highest BCUT2D eigenvalue weighted by molar-refractivity contribution is 9.10. The molecule has 0 radical (unpaired) electrons. The summed E-state index contributed by atoms with van der Waals surface area (Å²) in [5.41, 5.74) is 2.13. The summed E-state index contributed by atoms with van der Waals surface area (Å²) in [6, 6.07) is 8.02. The first kappa shape index (κ1) is 13.2. The van der Waals surface area contributed by atoms with Gasteiger partial charge in [0.25, 0.3) is 0 Å². The third kappa shape index (κ3) is 3.40. The Morgan fingerprint density at radius 3 is 2.78 bits per heavy atom. The Bertz CT molecular complexity index is 528. The molecule has 0 spiro atoms. The highest BCUT2D eigenvalue weighted by atomic mass is 79.9. The Morgan fingerprint density at radius 1 is 1.33 bits per heavy atom. The van der Waals surface area contributed by atoms with Crippen LogP contribution in [0.1, 0.15) is 26.5 Å². The lowest BCUT2D eigenvalue weighted by atomic mass is 10.1. The molecule has 0 fully saturated rings. The first-order chi connectivity index (χ1) is 8.46. The molecule has 0 amide bonds. The van der Waals surface area contributed by atoms with E-state index in [0.717, 1.165) is 22.4 Å². The second-order valence-corrected chi connectivity index (χ2v) is 6.14. The Morgan fingerprint density at radius 2 is 2.11 bits per heavy atom. The van der Waals surface area contributed by atoms with Gasteiger partial charge in [0.15, 0.2) is 0 Å². The predicted molar refractivity (Wildman–Crippen MR) is 75.7 cm³/mol. The van der Waals surface area contributed by atoms with Gasteiger partial charge in [-0.15, -0.1) is 5.10 Å². The number of nitrogens with zero attached hydrogens (tertiary/aromatic N) is 3. The molecule has 0 saturated heterocycles. The van der Waals surface area contributed by atoms with Crippen molar-refractivity contribution in [2.75, 3.05) is 0 Å². The van der Waals surface area contributed by atoms with Gasteiger partial charge < -0.3 is 5.32 Å². The van der Waals surface area contributed by atoms with Gasteiger partial charge in [0.05, 0.1) is 17.6 Å². The second-order valence-electron chi connectivity index (χ2n) is 5.22. The van der Waals surface area contributed by atoms with Gasteiger partial charge in [0.1, 0.15) is 0 Å². The molecule has 1 heterocycles. The molecule has 0 bridgehead atoms. The van der Waals surface area contributed by atoms with Crippen LogP contribution < -0.4 is 5.32 Å². The molecule has 0 unspecified atom stereocenters. The van der Waals surface area contributed by atoms with E-state index >= 15 is 0 Å². The standard InChI is InChI=1S/C13H17BrN4/c1-13(2,3)15-8-12-9-16-17-18(12)11-6-4-5-10(14)7-11/h4-7,9,15H,8H2,1-3H3. The summed E-state index contributed by atoms with van der Waals surface area (Å²) in [5, 5.41) is 11.6. The number of aromatic nitrogens is 3. The van der Waals surface area contributed by atoms with Crippen LogP contribution in [0.4, 0.5) is 0 Å². The average Bonchev–Trinajstić information content (AvgIpc) is 2.73. The fraction of sp³-hybridized carbons (Fsp3) is 0.385. The van der Waals surface area contributed by atoms with Crippen molar-refractivity contribution in [3.05, 3.63) is 40.6 Å². The van der Waals surface area contributed by atoms with Crippen molar-refractivity contribution in [3.8, 4) is 5.69 Å². The lowest BCUT2D eigenvalue weighted by Crippen LogP contribution is -2.35. The molecule has 1 aromatic carbocycles. The fourth-order valence-electron chi connectivity index (χ4n) is 1.56. The highest BCUT2D eigenvalue weighted by Crippen LogP contribution is 2.16. The third-order valence-electron chi connectivity index (χ3n) is 2.47. The van der Waals surface area contributed by atoms with Crippen molar-refractivity contribution in [3.63, 3.8) is 0 Å². The van der Waals surface area contributed by atoms with Gasteiger partial charge in [0.2, 0.25) is 0 Å². The molecule has 1 N–H and O–H groups in total. The smallest absolute Gasteiger partial charge is 0.0783 e. The molecule has 18 heavy (non-hydrogen) atoms. The van der Waals surface area contributed by atoms with E-state index in [-0.39, 0.29) is 5.54 Å². The van der Waals surface area contributed by atoms with Gasteiger partial charge in [-0.2, -0.15) is 0 Å². The number of halogens is 1. The van der Waals surface area contributed by atoms with Gasteiger partial charge in [-0.3, -0.25) is 0 Å². The van der Waals surface area contributed by atoms with E-state index in [0.29, 0.717) is 0 Å². The van der Waals surface area contributed by atoms with Gasteiger partial charge >= 0.3 is 0 Å². The Labute approximate surface area is 116 Å². The van der Waals surface area contributed by atoms with Crippen molar-refractivity contribution in [2.45, 2.75) is 32.9 Å². The minimum Gasteiger partial charge on any atom is -0.306 e. The predicted octanol–water partition coefficient (Wildman–Crippen LogP) is 2.92. The lowest BCUT2D eigenvalue weighted by molar-refractivity contribution is 0.418. The third-order valence-corrected chi connectivity index (χ3v) is 2.97. The number of hydrogen-bond donors (Lipinski definition) is 1. The molecule has 0 aliphatic rings. The summed E-state index contributed by atoms with van der Waals surface area (Å²) >= 11 is 3.47. The monoisotopic (exact) mass is 308 g/mol. The lowest BCUT2D eigenvalue weighted by Gasteiger charge is -2.20. The van der Waals surface area contributed by atoms with Crippen LogP contribution in [0.15, 0.2) is 34.9 Å². The van der Waals surface area contributed by atoms with Crippen LogP contribution in [0.5, 0.6) is 0 Å². The maximum atomic E-state index is 4.13. The molecule has 96 valence electrons. The zero-order chi connectivity index (χ0) is 13.2. The first-order valence-electron chi connectivity index (χ1n) is 5.86. The van der Waals surface area contributed by atoms with Crippen LogP contribution in [-0.4, -0.2) is 20.5 Å². The molecule has 0 aliphatic carbocycles. The second kappa shape index (κ2) is 5.20. The van der Waals surface area contributed by atoms with Crippen LogP contribution in [0, 0.1) is 0 Å². The highest BCUT2D eigenvalue weighted by Gasteiger charge is 2.12. The molecule has 5 heteroatoms. The van der Waals surface area contributed by atoms with Crippen LogP contribution in [-0.2, 0) is 6.54 Å². The molecule has 2 aromatic rings. The largest absolute Gasteiger partial charge is 0.306 e. The van der Waals surface area contributed by atoms with Gasteiger partial charge in [0, 0.05) is 16.6 Å². The Hall–Kier alpha value is -1.20. The number of nitrogens with one attached hydrogen (secondary N) is 1. The molecule has 1 aromatic heterocycles. The fourth-order valence-corrected chi connectivity index (χ4v) is 1.94. The van der Waals surface area contributed by atoms with E-state index in [4.69, 9.17) is 0 Å². The number of rotatable bonds is 3. The first-order valence-corrected chi connectivity index (χ1v) is 6.65. The minimum atomic E-state index is 0.0758. The van der Waals surface area contributed by atoms with Crippen molar-refractivity contribution >= 4 is 15.9 Å². The summed E-state index contributed by atoms with van der Waals surface area (Å²) in [5.74, 6) is 0. The van der Waals surface area contributed by atoms with Crippen LogP contribution >= 0.6 is 15.9 Å². The van der Waals surface area contributed by atoms with Crippen LogP contribution in [0.25, 0.3) is 5.69 Å². The molecular formula is C13H17BrN4. The van der Waals surface area contributed by atoms with E-state index in [1.807, 2.05) is 28.9 Å². The maximum Gasteiger partial charge on any atom is 0.0783 e. The molecular weight excluding hydrogens is 292 g/mol. The Kier molecular flexibility index (Phi) is 3.82. The SMILES string of the molecule is CC(C)(C)NCc1cnnn1-c1cccc(Br)c1. The summed E-state index contributed by atoms with van der Waals surface area (Å²) in [4.78, 5) is 0. The van der Waals surface area contributed by atoms with E-state index in [9.17, 15) is 0 Å². The zero-order valence-electron chi connectivity index (χ0n) is 10.8. The van der Waals surface area contributed by atoms with Crippen LogP contribution in [0.3, 0.4) is 0 Å². The number of hydrogen-bond acceptors (Lipinski definition) is 3. The minimum absolute atomic E-state index is 0.0758. The molecule has 4 nitrogen and oxygen atoms in total. The normalized spacial score (nSPS) is 11.8. The molecule has 0 aliphatic heterocycles. The summed E-state index contributed by atoms with van der Waals surface area (Å²) in [6.07, 6.45) is 1.79. The summed E-state index contributed by atoms with van der Waals surface area (Å²) in [6.45, 7) is 7.16. The molecule has 0 saturated carbocycles. The quantitative estimate of drug-likeness (QED) is 0.948. The van der Waals surface area contributed by atoms with Crippen LogP contribution in [0.2, 0.25) is 0 Å². The van der Waals surface area contributed by atoms with E-state index < -0.39 is 0 Å². The topological polar surface area (TPSA) is 42.7 Å².